The van der Waals surface area contributed by atoms with Crippen LogP contribution in [0, 0.1) is 0 Å². The average molecular weight is 413 g/mol. The first-order chi connectivity index (χ1) is 11.4. The SMILES string of the molecule is CS(=O)(=O)Nc1ccc(CNCc2cc(Br)c3c(c2)OCO3)cc1. The third-order valence-corrected chi connectivity index (χ3v) is 4.60. The third kappa shape index (κ3) is 4.40. The molecule has 0 amide bonds. The number of sulfonamides is 1. The largest absolute Gasteiger partial charge is 0.454 e. The van der Waals surface area contributed by atoms with Crippen molar-refractivity contribution in [2.45, 2.75) is 13.1 Å². The van der Waals surface area contributed by atoms with Gasteiger partial charge in [-0.3, -0.25) is 4.72 Å². The molecule has 1 aliphatic heterocycles. The lowest BCUT2D eigenvalue weighted by Gasteiger charge is -2.09. The van der Waals surface area contributed by atoms with E-state index in [0.717, 1.165) is 33.4 Å². The van der Waals surface area contributed by atoms with Gasteiger partial charge in [-0.05, 0) is 51.3 Å². The molecule has 1 heterocycles. The number of hydrogen-bond donors (Lipinski definition) is 2. The van der Waals surface area contributed by atoms with Crippen molar-refractivity contribution in [3.63, 3.8) is 0 Å². The van der Waals surface area contributed by atoms with E-state index in [1.807, 2.05) is 24.3 Å². The molecule has 0 radical (unpaired) electrons. The van der Waals surface area contributed by atoms with E-state index in [4.69, 9.17) is 9.47 Å². The van der Waals surface area contributed by atoms with Crippen LogP contribution in [0.1, 0.15) is 11.1 Å². The summed E-state index contributed by atoms with van der Waals surface area (Å²) in [6, 6.07) is 11.2. The average Bonchev–Trinajstić information content (AvgIpc) is 2.96. The van der Waals surface area contributed by atoms with E-state index in [2.05, 4.69) is 26.0 Å². The normalized spacial score (nSPS) is 13.1. The van der Waals surface area contributed by atoms with Gasteiger partial charge in [-0.25, -0.2) is 8.42 Å². The number of nitrogens with one attached hydrogen (secondary N) is 2. The van der Waals surface area contributed by atoms with Gasteiger partial charge in [0.1, 0.15) is 0 Å². The number of halogens is 1. The molecule has 0 saturated heterocycles. The van der Waals surface area contributed by atoms with Gasteiger partial charge in [0.25, 0.3) is 0 Å². The summed E-state index contributed by atoms with van der Waals surface area (Å²) in [6.45, 7) is 1.60. The van der Waals surface area contributed by atoms with Gasteiger partial charge >= 0.3 is 0 Å². The molecule has 2 aromatic rings. The van der Waals surface area contributed by atoms with Crippen molar-refractivity contribution >= 4 is 31.6 Å². The maximum absolute atomic E-state index is 11.2. The van der Waals surface area contributed by atoms with Crippen LogP contribution in [-0.2, 0) is 23.1 Å². The fourth-order valence-electron chi connectivity index (χ4n) is 2.38. The third-order valence-electron chi connectivity index (χ3n) is 3.40. The topological polar surface area (TPSA) is 76.7 Å². The van der Waals surface area contributed by atoms with Crippen LogP contribution in [0.5, 0.6) is 11.5 Å². The van der Waals surface area contributed by atoms with Gasteiger partial charge in [0.2, 0.25) is 16.8 Å². The predicted molar refractivity (Wildman–Crippen MR) is 95.7 cm³/mol. The van der Waals surface area contributed by atoms with Crippen molar-refractivity contribution in [2.24, 2.45) is 0 Å². The highest BCUT2D eigenvalue weighted by Crippen LogP contribution is 2.39. The Bertz CT molecular complexity index is 838. The number of anilines is 1. The molecule has 0 bridgehead atoms. The fraction of sp³-hybridized carbons (Fsp3) is 0.250. The van der Waals surface area contributed by atoms with E-state index >= 15 is 0 Å². The molecule has 0 aromatic heterocycles. The molecular weight excluding hydrogens is 396 g/mol. The first-order valence-electron chi connectivity index (χ1n) is 7.26. The molecule has 0 fully saturated rings. The van der Waals surface area contributed by atoms with Gasteiger partial charge in [-0.1, -0.05) is 12.1 Å². The van der Waals surface area contributed by atoms with E-state index in [-0.39, 0.29) is 6.79 Å². The monoisotopic (exact) mass is 412 g/mol. The molecule has 0 unspecified atom stereocenters. The number of rotatable bonds is 6. The molecule has 128 valence electrons. The highest BCUT2D eigenvalue weighted by atomic mass is 79.9. The summed E-state index contributed by atoms with van der Waals surface area (Å²) in [6.07, 6.45) is 1.13. The molecular formula is C16H17BrN2O4S. The summed E-state index contributed by atoms with van der Waals surface area (Å²) >= 11 is 3.48. The Morgan fingerprint density at radius 1 is 1.08 bits per heavy atom. The van der Waals surface area contributed by atoms with Crippen LogP contribution in [0.25, 0.3) is 0 Å². The van der Waals surface area contributed by atoms with Gasteiger partial charge in [0, 0.05) is 18.8 Å². The zero-order chi connectivity index (χ0) is 17.2. The molecule has 8 heteroatoms. The number of ether oxygens (including phenoxy) is 2. The maximum atomic E-state index is 11.2. The van der Waals surface area contributed by atoms with Crippen LogP contribution in [0.3, 0.4) is 0 Å². The Hall–Kier alpha value is -1.77. The second-order valence-corrected chi connectivity index (χ2v) is 8.09. The van der Waals surface area contributed by atoms with Gasteiger partial charge in [-0.15, -0.1) is 0 Å². The van der Waals surface area contributed by atoms with Crippen LogP contribution in [0.2, 0.25) is 0 Å². The Balaban J connectivity index is 1.56. The van der Waals surface area contributed by atoms with Crippen molar-refractivity contribution in [3.05, 3.63) is 52.0 Å². The standard InChI is InChI=1S/C16H17BrN2O4S/c1-24(20,21)19-13-4-2-11(3-5-13)8-18-9-12-6-14(17)16-15(7-12)22-10-23-16/h2-7,18-19H,8-10H2,1H3. The second kappa shape index (κ2) is 7.00. The highest BCUT2D eigenvalue weighted by Gasteiger charge is 2.17. The minimum Gasteiger partial charge on any atom is -0.454 e. The lowest BCUT2D eigenvalue weighted by atomic mass is 10.2. The van der Waals surface area contributed by atoms with Crippen molar-refractivity contribution < 1.29 is 17.9 Å². The molecule has 0 saturated carbocycles. The Labute approximate surface area is 149 Å². The molecule has 3 rings (SSSR count). The lowest BCUT2D eigenvalue weighted by molar-refractivity contribution is 0.173. The molecule has 2 N–H and O–H groups in total. The molecule has 0 aliphatic carbocycles. The van der Waals surface area contributed by atoms with E-state index in [1.54, 1.807) is 12.1 Å². The quantitative estimate of drug-likeness (QED) is 0.762. The first kappa shape index (κ1) is 17.1. The molecule has 2 aromatic carbocycles. The van der Waals surface area contributed by atoms with E-state index in [9.17, 15) is 8.42 Å². The lowest BCUT2D eigenvalue weighted by Crippen LogP contribution is -2.13. The Kier molecular flexibility index (Phi) is 4.98. The van der Waals surface area contributed by atoms with E-state index in [0.29, 0.717) is 18.8 Å². The van der Waals surface area contributed by atoms with Gasteiger partial charge < -0.3 is 14.8 Å². The smallest absolute Gasteiger partial charge is 0.231 e. The van der Waals surface area contributed by atoms with Gasteiger partial charge in [-0.2, -0.15) is 0 Å². The maximum Gasteiger partial charge on any atom is 0.231 e. The van der Waals surface area contributed by atoms with Crippen molar-refractivity contribution in [3.8, 4) is 11.5 Å². The van der Waals surface area contributed by atoms with Crippen molar-refractivity contribution in [2.75, 3.05) is 17.8 Å². The summed E-state index contributed by atoms with van der Waals surface area (Å²) in [5.41, 5.74) is 2.70. The minimum absolute atomic E-state index is 0.249. The van der Waals surface area contributed by atoms with Crippen LogP contribution in [0.15, 0.2) is 40.9 Å². The second-order valence-electron chi connectivity index (χ2n) is 5.49. The Morgan fingerprint density at radius 2 is 1.79 bits per heavy atom. The minimum atomic E-state index is -3.24. The predicted octanol–water partition coefficient (Wildman–Crippen LogP) is 2.84. The number of fused-ring (bicyclic) bond motifs is 1. The molecule has 0 atom stereocenters. The summed E-state index contributed by atoms with van der Waals surface area (Å²) in [4.78, 5) is 0. The Morgan fingerprint density at radius 3 is 2.50 bits per heavy atom. The van der Waals surface area contributed by atoms with Crippen molar-refractivity contribution in [1.82, 2.24) is 5.32 Å². The van der Waals surface area contributed by atoms with E-state index < -0.39 is 10.0 Å². The molecule has 24 heavy (non-hydrogen) atoms. The zero-order valence-corrected chi connectivity index (χ0v) is 15.4. The zero-order valence-electron chi connectivity index (χ0n) is 13.0. The number of benzene rings is 2. The highest BCUT2D eigenvalue weighted by molar-refractivity contribution is 9.10. The molecule has 6 nitrogen and oxygen atoms in total. The van der Waals surface area contributed by atoms with Crippen LogP contribution < -0.4 is 19.5 Å². The van der Waals surface area contributed by atoms with Gasteiger partial charge in [0.15, 0.2) is 11.5 Å². The van der Waals surface area contributed by atoms with Crippen LogP contribution >= 0.6 is 15.9 Å². The number of hydrogen-bond acceptors (Lipinski definition) is 5. The fourth-order valence-corrected chi connectivity index (χ4v) is 3.55. The van der Waals surface area contributed by atoms with E-state index in [1.165, 1.54) is 0 Å². The summed E-state index contributed by atoms with van der Waals surface area (Å²) in [7, 11) is -3.24. The summed E-state index contributed by atoms with van der Waals surface area (Å²) in [5, 5.41) is 3.35. The van der Waals surface area contributed by atoms with Crippen molar-refractivity contribution in [1.29, 1.82) is 0 Å². The van der Waals surface area contributed by atoms with Gasteiger partial charge in [0.05, 0.1) is 10.7 Å². The first-order valence-corrected chi connectivity index (χ1v) is 9.94. The molecule has 0 spiro atoms. The molecule has 1 aliphatic rings. The van der Waals surface area contributed by atoms with Crippen LogP contribution in [-0.4, -0.2) is 21.5 Å². The summed E-state index contributed by atoms with van der Waals surface area (Å²) in [5.74, 6) is 1.49. The summed E-state index contributed by atoms with van der Waals surface area (Å²) < 4.78 is 36.4. The van der Waals surface area contributed by atoms with Crippen LogP contribution in [0.4, 0.5) is 5.69 Å².